The van der Waals surface area contributed by atoms with Crippen LogP contribution in [0.3, 0.4) is 0 Å². The van der Waals surface area contributed by atoms with E-state index >= 15 is 0 Å². The average molecular weight is 251 g/mol. The van der Waals surface area contributed by atoms with Crippen molar-refractivity contribution in [3.63, 3.8) is 0 Å². The summed E-state index contributed by atoms with van der Waals surface area (Å²) in [6, 6.07) is 8.21. The highest BCUT2D eigenvalue weighted by atomic mass is 14.8. The predicted molar refractivity (Wildman–Crippen MR) is 79.6 cm³/mol. The molecular formula is C16H17N3. The van der Waals surface area contributed by atoms with Gasteiger partial charge in [0, 0.05) is 22.7 Å². The minimum atomic E-state index is 0.939. The molecule has 3 nitrogen and oxygen atoms in total. The van der Waals surface area contributed by atoms with Crippen molar-refractivity contribution in [1.29, 1.82) is 0 Å². The molecule has 0 radical (unpaired) electrons. The van der Waals surface area contributed by atoms with E-state index < -0.39 is 0 Å². The van der Waals surface area contributed by atoms with Gasteiger partial charge in [0.1, 0.15) is 0 Å². The van der Waals surface area contributed by atoms with Gasteiger partial charge in [-0.15, -0.1) is 0 Å². The topological polar surface area (TPSA) is 51.3 Å². The van der Waals surface area contributed by atoms with Crippen molar-refractivity contribution in [3.8, 4) is 0 Å². The van der Waals surface area contributed by atoms with Crippen LogP contribution in [0.2, 0.25) is 0 Å². The van der Waals surface area contributed by atoms with Gasteiger partial charge < -0.3 is 5.73 Å². The number of pyridine rings is 1. The summed E-state index contributed by atoms with van der Waals surface area (Å²) in [4.78, 5) is 9.08. The van der Waals surface area contributed by atoms with Gasteiger partial charge in [0.15, 0.2) is 0 Å². The first-order valence-electron chi connectivity index (χ1n) is 6.70. The Hall–Kier alpha value is -2.16. The fourth-order valence-corrected chi connectivity index (χ4v) is 2.56. The summed E-state index contributed by atoms with van der Waals surface area (Å²) < 4.78 is 0. The maximum absolute atomic E-state index is 5.70. The normalized spacial score (nSPS) is 20.2. The molecule has 1 saturated carbocycles. The molecule has 2 N–H and O–H groups in total. The molecule has 0 amide bonds. The first kappa shape index (κ1) is 11.9. The Morgan fingerprint density at radius 2 is 1.95 bits per heavy atom. The molecule has 1 heterocycles. The van der Waals surface area contributed by atoms with Crippen molar-refractivity contribution in [2.24, 2.45) is 10.7 Å². The van der Waals surface area contributed by atoms with Crippen LogP contribution in [0.15, 0.2) is 53.4 Å². The first-order chi connectivity index (χ1) is 9.38. The van der Waals surface area contributed by atoms with E-state index in [0.717, 1.165) is 35.0 Å². The minimum Gasteiger partial charge on any atom is -0.404 e. The van der Waals surface area contributed by atoms with Crippen LogP contribution in [0.4, 0.5) is 5.69 Å². The number of benzene rings is 1. The lowest BCUT2D eigenvalue weighted by molar-refractivity contribution is 0.732. The number of allylic oxidation sites excluding steroid dienone is 1. The molecule has 3 rings (SSSR count). The average Bonchev–Trinajstić information content (AvgIpc) is 2.48. The van der Waals surface area contributed by atoms with Crippen molar-refractivity contribution < 1.29 is 0 Å². The van der Waals surface area contributed by atoms with Crippen molar-refractivity contribution in [2.45, 2.75) is 25.7 Å². The van der Waals surface area contributed by atoms with E-state index in [2.05, 4.69) is 17.1 Å². The molecular weight excluding hydrogens is 234 g/mol. The number of hydrogen-bond donors (Lipinski definition) is 1. The van der Waals surface area contributed by atoms with E-state index in [0.29, 0.717) is 0 Å². The van der Waals surface area contributed by atoms with E-state index in [-0.39, 0.29) is 0 Å². The SMILES string of the molecule is NC=C1CCCCC1=Nc1cncc2ccccc12. The molecule has 0 unspecified atom stereocenters. The predicted octanol–water partition coefficient (Wildman–Crippen LogP) is 3.72. The van der Waals surface area contributed by atoms with Gasteiger partial charge in [-0.05, 0) is 37.5 Å². The highest BCUT2D eigenvalue weighted by Crippen LogP contribution is 2.28. The number of nitrogens with two attached hydrogens (primary N) is 1. The molecule has 0 saturated heterocycles. The second kappa shape index (κ2) is 5.22. The second-order valence-electron chi connectivity index (χ2n) is 4.84. The van der Waals surface area contributed by atoms with Gasteiger partial charge in [0.05, 0.1) is 11.9 Å². The van der Waals surface area contributed by atoms with Crippen LogP contribution in [0.1, 0.15) is 25.7 Å². The van der Waals surface area contributed by atoms with Crippen LogP contribution in [0.25, 0.3) is 10.8 Å². The molecule has 1 aliphatic carbocycles. The highest BCUT2D eigenvalue weighted by Gasteiger charge is 2.13. The quantitative estimate of drug-likeness (QED) is 0.839. The minimum absolute atomic E-state index is 0.939. The fraction of sp³-hybridized carbons (Fsp3) is 0.250. The third-order valence-electron chi connectivity index (χ3n) is 3.58. The van der Waals surface area contributed by atoms with E-state index in [1.165, 1.54) is 18.4 Å². The molecule has 3 heteroatoms. The lowest BCUT2D eigenvalue weighted by atomic mass is 9.93. The van der Waals surface area contributed by atoms with Gasteiger partial charge in [0.25, 0.3) is 0 Å². The zero-order chi connectivity index (χ0) is 13.1. The second-order valence-corrected chi connectivity index (χ2v) is 4.84. The first-order valence-corrected chi connectivity index (χ1v) is 6.70. The number of fused-ring (bicyclic) bond motifs is 1. The standard InChI is InChI=1S/C16H17N3/c17-9-12-5-2-4-8-15(12)19-16-11-18-10-13-6-1-3-7-14(13)16/h1,3,6-7,9-11H,2,4-5,8,17H2. The van der Waals surface area contributed by atoms with Gasteiger partial charge in [-0.25, -0.2) is 0 Å². The molecule has 1 aliphatic rings. The molecule has 0 aliphatic heterocycles. The molecule has 0 spiro atoms. The number of rotatable bonds is 1. The van der Waals surface area contributed by atoms with Crippen LogP contribution in [0, 0.1) is 0 Å². The summed E-state index contributed by atoms with van der Waals surface area (Å²) in [6.45, 7) is 0. The summed E-state index contributed by atoms with van der Waals surface area (Å²) in [5.74, 6) is 0. The fourth-order valence-electron chi connectivity index (χ4n) is 2.56. The molecule has 2 aromatic rings. The largest absolute Gasteiger partial charge is 0.404 e. The Bertz CT molecular complexity index is 651. The number of nitrogens with zero attached hydrogens (tertiary/aromatic N) is 2. The summed E-state index contributed by atoms with van der Waals surface area (Å²) in [5, 5.41) is 2.27. The Balaban J connectivity index is 2.09. The Morgan fingerprint density at radius 3 is 2.84 bits per heavy atom. The molecule has 19 heavy (non-hydrogen) atoms. The number of hydrogen-bond acceptors (Lipinski definition) is 3. The molecule has 0 bridgehead atoms. The third-order valence-corrected chi connectivity index (χ3v) is 3.58. The summed E-state index contributed by atoms with van der Waals surface area (Å²) >= 11 is 0. The van der Waals surface area contributed by atoms with Gasteiger partial charge in [0.2, 0.25) is 0 Å². The highest BCUT2D eigenvalue weighted by molar-refractivity contribution is 6.04. The molecule has 1 aromatic carbocycles. The van der Waals surface area contributed by atoms with Gasteiger partial charge in [-0.2, -0.15) is 0 Å². The zero-order valence-corrected chi connectivity index (χ0v) is 10.8. The van der Waals surface area contributed by atoms with Gasteiger partial charge in [-0.3, -0.25) is 9.98 Å². The number of aliphatic imine (C=N–C) groups is 1. The lowest BCUT2D eigenvalue weighted by Crippen LogP contribution is -2.10. The van der Waals surface area contributed by atoms with Crippen molar-refractivity contribution >= 4 is 22.2 Å². The summed E-state index contributed by atoms with van der Waals surface area (Å²) in [7, 11) is 0. The van der Waals surface area contributed by atoms with Crippen molar-refractivity contribution in [2.75, 3.05) is 0 Å². The van der Waals surface area contributed by atoms with E-state index in [9.17, 15) is 0 Å². The summed E-state index contributed by atoms with van der Waals surface area (Å²) in [6.07, 6.45) is 9.85. The van der Waals surface area contributed by atoms with E-state index in [4.69, 9.17) is 10.7 Å². The van der Waals surface area contributed by atoms with Crippen LogP contribution in [-0.4, -0.2) is 10.7 Å². The van der Waals surface area contributed by atoms with Crippen LogP contribution >= 0.6 is 0 Å². The Labute approximate surface area is 112 Å². The monoisotopic (exact) mass is 251 g/mol. The molecule has 0 atom stereocenters. The third kappa shape index (κ3) is 2.36. The number of aromatic nitrogens is 1. The molecule has 1 fully saturated rings. The van der Waals surface area contributed by atoms with Crippen molar-refractivity contribution in [1.82, 2.24) is 4.98 Å². The van der Waals surface area contributed by atoms with Gasteiger partial charge >= 0.3 is 0 Å². The van der Waals surface area contributed by atoms with E-state index in [1.54, 1.807) is 6.20 Å². The van der Waals surface area contributed by atoms with Crippen LogP contribution < -0.4 is 5.73 Å². The van der Waals surface area contributed by atoms with Crippen LogP contribution in [0.5, 0.6) is 0 Å². The molecule has 1 aromatic heterocycles. The Kier molecular flexibility index (Phi) is 3.27. The maximum atomic E-state index is 5.70. The Morgan fingerprint density at radius 1 is 1.11 bits per heavy atom. The molecule has 96 valence electrons. The maximum Gasteiger partial charge on any atom is 0.0894 e. The summed E-state index contributed by atoms with van der Waals surface area (Å²) in [5.41, 5.74) is 8.94. The van der Waals surface area contributed by atoms with E-state index in [1.807, 2.05) is 24.5 Å². The van der Waals surface area contributed by atoms with Crippen molar-refractivity contribution in [3.05, 3.63) is 48.4 Å². The van der Waals surface area contributed by atoms with Crippen LogP contribution in [-0.2, 0) is 0 Å². The zero-order valence-electron chi connectivity index (χ0n) is 10.8. The lowest BCUT2D eigenvalue weighted by Gasteiger charge is -2.16. The van der Waals surface area contributed by atoms with Gasteiger partial charge in [-0.1, -0.05) is 24.3 Å². The smallest absolute Gasteiger partial charge is 0.0894 e.